The normalized spacial score (nSPS) is 22.0. The van der Waals surface area contributed by atoms with E-state index >= 15 is 0 Å². The number of ether oxygens (including phenoxy) is 1. The van der Waals surface area contributed by atoms with Crippen molar-refractivity contribution < 1.29 is 24.2 Å². The van der Waals surface area contributed by atoms with Gasteiger partial charge in [0.05, 0.1) is 27.5 Å². The molecule has 2 amide bonds. The van der Waals surface area contributed by atoms with Gasteiger partial charge in [0.1, 0.15) is 0 Å². The molecule has 296 valence electrons. The van der Waals surface area contributed by atoms with Crippen LogP contribution >= 0.6 is 11.6 Å². The molecule has 1 saturated heterocycles. The zero-order valence-electron chi connectivity index (χ0n) is 32.7. The maximum Gasteiger partial charge on any atom is 0.309 e. The van der Waals surface area contributed by atoms with Gasteiger partial charge in [0.2, 0.25) is 0 Å². The van der Waals surface area contributed by atoms with Crippen LogP contribution in [0, 0.1) is 12.3 Å². The number of carbonyl (C=O) groups excluding carboxylic acids is 2. The number of halogens is 1. The van der Waals surface area contributed by atoms with Crippen molar-refractivity contribution in [3.8, 4) is 11.1 Å². The number of carboxylic acids is 1. The number of imidazole rings is 2. The average molecular weight is 783 g/mol. The van der Waals surface area contributed by atoms with Gasteiger partial charge in [0.15, 0.2) is 11.6 Å². The number of anilines is 2. The van der Waals surface area contributed by atoms with E-state index in [2.05, 4.69) is 20.4 Å². The number of benzene rings is 2. The number of nitrogens with zero attached hydrogens (tertiary/aromatic N) is 6. The van der Waals surface area contributed by atoms with Crippen LogP contribution in [0.15, 0.2) is 36.4 Å². The van der Waals surface area contributed by atoms with Crippen molar-refractivity contribution in [2.24, 2.45) is 19.5 Å². The van der Waals surface area contributed by atoms with Crippen molar-refractivity contribution >= 4 is 40.8 Å². The van der Waals surface area contributed by atoms with Gasteiger partial charge >= 0.3 is 5.97 Å². The Balaban J connectivity index is 0.952. The van der Waals surface area contributed by atoms with E-state index < -0.39 is 11.4 Å². The maximum atomic E-state index is 13.8. The first-order valence-corrected chi connectivity index (χ1v) is 20.2. The summed E-state index contributed by atoms with van der Waals surface area (Å²) >= 11 is 7.03. The summed E-state index contributed by atoms with van der Waals surface area (Å²) < 4.78 is 9.36. The third-order valence-corrected chi connectivity index (χ3v) is 13.3. The first-order valence-electron chi connectivity index (χ1n) is 19.8. The molecule has 13 nitrogen and oxygen atoms in total. The van der Waals surface area contributed by atoms with E-state index in [4.69, 9.17) is 26.3 Å². The standard InChI is InChI=1S/C42H51ClN8O5/c1-25-28(29-8-6-10-31(36(29)43)47-40(53)38-45-33-24-51(20-14-35(33)49(38)4)27-15-21-56-22-16-27)7-5-9-30(25)46-39(52)37-44-32-23-50(19-13-34(32)48(37)3)26-11-17-42(2,18-12-26)41(54)55/h5-10,26-27H,11-24H2,1-4H3,(H,46,52)(H,47,53)(H,54,55). The van der Waals surface area contributed by atoms with Crippen LogP contribution in [-0.2, 0) is 49.6 Å². The second-order valence-corrected chi connectivity index (χ2v) is 16.6. The molecule has 0 spiro atoms. The van der Waals surface area contributed by atoms with Gasteiger partial charge in [-0.15, -0.1) is 0 Å². The zero-order chi connectivity index (χ0) is 39.3. The highest BCUT2D eigenvalue weighted by Gasteiger charge is 2.40. The zero-order valence-corrected chi connectivity index (χ0v) is 33.4. The second-order valence-electron chi connectivity index (χ2n) is 16.2. The molecule has 3 N–H and O–H groups in total. The van der Waals surface area contributed by atoms with Gasteiger partial charge in [-0.2, -0.15) is 0 Å². The monoisotopic (exact) mass is 782 g/mol. The molecule has 0 radical (unpaired) electrons. The van der Waals surface area contributed by atoms with Gasteiger partial charge in [0.25, 0.3) is 11.8 Å². The minimum absolute atomic E-state index is 0.302. The lowest BCUT2D eigenvalue weighted by Crippen LogP contribution is -2.44. The first kappa shape index (κ1) is 38.3. The van der Waals surface area contributed by atoms with Gasteiger partial charge < -0.3 is 29.6 Å². The van der Waals surface area contributed by atoms with Gasteiger partial charge in [-0.05, 0) is 75.6 Å². The highest BCUT2D eigenvalue weighted by Crippen LogP contribution is 2.40. The first-order chi connectivity index (χ1) is 26.9. The van der Waals surface area contributed by atoms with Crippen molar-refractivity contribution in [3.63, 3.8) is 0 Å². The van der Waals surface area contributed by atoms with Gasteiger partial charge in [-0.1, -0.05) is 35.9 Å². The minimum atomic E-state index is -0.712. The summed E-state index contributed by atoms with van der Waals surface area (Å²) in [5.41, 5.74) is 6.83. The van der Waals surface area contributed by atoms with E-state index in [-0.39, 0.29) is 11.8 Å². The van der Waals surface area contributed by atoms with E-state index in [0.717, 1.165) is 111 Å². The van der Waals surface area contributed by atoms with Crippen LogP contribution in [-0.4, -0.2) is 90.2 Å². The Morgan fingerprint density at radius 3 is 1.84 bits per heavy atom. The van der Waals surface area contributed by atoms with Crippen LogP contribution in [0.5, 0.6) is 0 Å². The number of hydrogen-bond acceptors (Lipinski definition) is 8. The van der Waals surface area contributed by atoms with Crippen LogP contribution in [0.3, 0.4) is 0 Å². The molecule has 1 aliphatic carbocycles. The van der Waals surface area contributed by atoms with Crippen molar-refractivity contribution in [2.75, 3.05) is 36.9 Å². The lowest BCUT2D eigenvalue weighted by atomic mass is 9.73. The number of rotatable bonds is 8. The highest BCUT2D eigenvalue weighted by molar-refractivity contribution is 6.36. The van der Waals surface area contributed by atoms with Crippen molar-refractivity contribution in [1.82, 2.24) is 28.9 Å². The lowest BCUT2D eigenvalue weighted by molar-refractivity contribution is -0.150. The average Bonchev–Trinajstić information content (AvgIpc) is 3.72. The molecular formula is C42H51ClN8O5. The Morgan fingerprint density at radius 1 is 0.786 bits per heavy atom. The highest BCUT2D eigenvalue weighted by atomic mass is 35.5. The largest absolute Gasteiger partial charge is 0.481 e. The number of carbonyl (C=O) groups is 3. The molecule has 14 heteroatoms. The maximum absolute atomic E-state index is 13.8. The summed E-state index contributed by atoms with van der Waals surface area (Å²) in [6, 6.07) is 12.0. The molecular weight excluding hydrogens is 732 g/mol. The molecule has 2 aromatic heterocycles. The summed E-state index contributed by atoms with van der Waals surface area (Å²) in [4.78, 5) is 53.8. The number of nitrogens with one attached hydrogen (secondary N) is 2. The number of hydrogen-bond donors (Lipinski definition) is 3. The summed E-state index contributed by atoms with van der Waals surface area (Å²) in [7, 11) is 3.79. The molecule has 1 saturated carbocycles. The molecule has 3 aliphatic heterocycles. The van der Waals surface area contributed by atoms with Crippen LogP contribution in [0.4, 0.5) is 11.4 Å². The number of aromatic nitrogens is 4. The third kappa shape index (κ3) is 7.14. The fourth-order valence-electron chi connectivity index (χ4n) is 9.25. The fraction of sp³-hybridized carbons (Fsp3) is 0.500. The Labute approximate surface area is 332 Å². The quantitative estimate of drug-likeness (QED) is 0.190. The predicted octanol–water partition coefficient (Wildman–Crippen LogP) is 6.22. The molecule has 56 heavy (non-hydrogen) atoms. The van der Waals surface area contributed by atoms with E-state index in [0.29, 0.717) is 59.5 Å². The molecule has 0 unspecified atom stereocenters. The van der Waals surface area contributed by atoms with Crippen LogP contribution in [0.1, 0.15) is 95.0 Å². The van der Waals surface area contributed by atoms with Crippen molar-refractivity contribution in [2.45, 2.75) is 90.4 Å². The fourth-order valence-corrected chi connectivity index (χ4v) is 9.53. The van der Waals surface area contributed by atoms with E-state index in [1.54, 1.807) is 6.07 Å². The summed E-state index contributed by atoms with van der Waals surface area (Å²) in [5, 5.41) is 16.2. The molecule has 0 atom stereocenters. The molecule has 4 aromatic rings. The van der Waals surface area contributed by atoms with Gasteiger partial charge in [-0.3, -0.25) is 24.2 Å². The van der Waals surface area contributed by atoms with Crippen LogP contribution in [0.25, 0.3) is 11.1 Å². The second kappa shape index (κ2) is 15.4. The Kier molecular flexibility index (Phi) is 10.5. The van der Waals surface area contributed by atoms with E-state index in [9.17, 15) is 19.5 Å². The Bertz CT molecular complexity index is 2180. The summed E-state index contributed by atoms with van der Waals surface area (Å²) in [6.45, 7) is 8.52. The topological polar surface area (TPSA) is 147 Å². The van der Waals surface area contributed by atoms with Gasteiger partial charge in [-0.25, -0.2) is 9.97 Å². The van der Waals surface area contributed by atoms with Crippen LogP contribution in [0.2, 0.25) is 5.02 Å². The molecule has 2 fully saturated rings. The van der Waals surface area contributed by atoms with Crippen LogP contribution < -0.4 is 10.6 Å². The molecule has 0 bridgehead atoms. The predicted molar refractivity (Wildman–Crippen MR) is 214 cm³/mol. The summed E-state index contributed by atoms with van der Waals surface area (Å²) in [6.07, 6.45) is 6.66. The van der Waals surface area contributed by atoms with Gasteiger partial charge in [0, 0.05) is 101 Å². The minimum Gasteiger partial charge on any atom is -0.481 e. The molecule has 8 rings (SSSR count). The number of fused-ring (bicyclic) bond motifs is 2. The Hall–Kier alpha value is -4.56. The number of carboxylic acid groups (broad SMARTS) is 1. The Morgan fingerprint density at radius 2 is 1.29 bits per heavy atom. The SMILES string of the molecule is Cc1c(NC(=O)c2nc3c(n2C)CCN(C2CCC(C)(C(=O)O)CC2)C3)cccc1-c1cccc(NC(=O)c2nc3c(n2C)CCN(C2CCOCC2)C3)c1Cl. The molecule has 2 aromatic carbocycles. The molecule has 4 aliphatic rings. The lowest BCUT2D eigenvalue weighted by Gasteiger charge is -2.41. The smallest absolute Gasteiger partial charge is 0.309 e. The number of aliphatic carboxylic acids is 1. The van der Waals surface area contributed by atoms with Crippen molar-refractivity contribution in [1.29, 1.82) is 0 Å². The van der Waals surface area contributed by atoms with E-state index in [1.807, 2.05) is 67.4 Å². The summed E-state index contributed by atoms with van der Waals surface area (Å²) in [5.74, 6) is -0.636. The third-order valence-electron chi connectivity index (χ3n) is 12.9. The van der Waals surface area contributed by atoms with Crippen molar-refractivity contribution in [3.05, 3.63) is 81.4 Å². The van der Waals surface area contributed by atoms with E-state index in [1.165, 1.54) is 0 Å². The molecule has 5 heterocycles. The number of amides is 2.